The van der Waals surface area contributed by atoms with Crippen LogP contribution in [0.5, 0.6) is 0 Å². The monoisotopic (exact) mass is 289 g/mol. The lowest BCUT2D eigenvalue weighted by atomic mass is 10.1. The molecule has 0 unspecified atom stereocenters. The van der Waals surface area contributed by atoms with Gasteiger partial charge in [-0.2, -0.15) is 0 Å². The molecule has 5 heteroatoms. The molecule has 21 heavy (non-hydrogen) atoms. The van der Waals surface area contributed by atoms with E-state index in [1.807, 2.05) is 52.1 Å². The zero-order chi connectivity index (χ0) is 15.5. The molecule has 1 N–H and O–H groups in total. The number of amidine groups is 1. The lowest BCUT2D eigenvalue weighted by molar-refractivity contribution is 0.0385. The van der Waals surface area contributed by atoms with Gasteiger partial charge in [0.1, 0.15) is 11.4 Å². The Hall–Kier alpha value is -1.88. The summed E-state index contributed by atoms with van der Waals surface area (Å²) in [5, 5.41) is 3.11. The highest BCUT2D eigenvalue weighted by molar-refractivity contribution is 6.07. The number of nitrogens with zero attached hydrogens (tertiary/aromatic N) is 2. The first-order valence-corrected chi connectivity index (χ1v) is 7.19. The first-order valence-electron chi connectivity index (χ1n) is 7.19. The molecule has 0 aliphatic carbocycles. The average Bonchev–Trinajstić information content (AvgIpc) is 2.87. The molecule has 0 bridgehead atoms. The molecule has 0 saturated carbocycles. The fourth-order valence-electron chi connectivity index (χ4n) is 2.16. The Morgan fingerprint density at radius 3 is 2.57 bits per heavy atom. The molecule has 1 aromatic carbocycles. The van der Waals surface area contributed by atoms with Crippen LogP contribution < -0.4 is 5.32 Å². The lowest BCUT2D eigenvalue weighted by Gasteiger charge is -2.25. The molecule has 0 aromatic heterocycles. The molecule has 1 aliphatic rings. The van der Waals surface area contributed by atoms with Crippen molar-refractivity contribution in [3.05, 3.63) is 35.4 Å². The van der Waals surface area contributed by atoms with Crippen LogP contribution in [-0.2, 0) is 11.3 Å². The van der Waals surface area contributed by atoms with Crippen LogP contribution in [0.25, 0.3) is 0 Å². The number of ether oxygens (including phenoxy) is 1. The fourth-order valence-corrected chi connectivity index (χ4v) is 2.16. The first-order chi connectivity index (χ1) is 9.90. The Balaban J connectivity index is 2.13. The molecule has 1 aliphatic heterocycles. The van der Waals surface area contributed by atoms with Crippen LogP contribution in [0.15, 0.2) is 29.3 Å². The van der Waals surface area contributed by atoms with Gasteiger partial charge in [-0.25, -0.2) is 4.79 Å². The highest BCUT2D eigenvalue weighted by Gasteiger charge is 2.29. The van der Waals surface area contributed by atoms with E-state index in [9.17, 15) is 4.79 Å². The van der Waals surface area contributed by atoms with E-state index in [0.717, 1.165) is 12.1 Å². The lowest BCUT2D eigenvalue weighted by Crippen LogP contribution is -2.39. The van der Waals surface area contributed by atoms with E-state index < -0.39 is 5.60 Å². The van der Waals surface area contributed by atoms with Gasteiger partial charge in [0.05, 0.1) is 13.1 Å². The van der Waals surface area contributed by atoms with Crippen molar-refractivity contribution in [2.75, 3.05) is 20.1 Å². The number of aliphatic imine (C=N–C) groups is 1. The van der Waals surface area contributed by atoms with E-state index in [1.165, 1.54) is 5.56 Å². The number of benzene rings is 1. The molecular formula is C16H23N3O2. The number of hydrogen-bond acceptors (Lipinski definition) is 4. The van der Waals surface area contributed by atoms with Gasteiger partial charge in [0.25, 0.3) is 0 Å². The van der Waals surface area contributed by atoms with Crippen molar-refractivity contribution in [3.63, 3.8) is 0 Å². The van der Waals surface area contributed by atoms with Crippen molar-refractivity contribution in [3.8, 4) is 0 Å². The molecule has 0 spiro atoms. The number of carbonyl (C=O) groups is 1. The highest BCUT2D eigenvalue weighted by Crippen LogP contribution is 2.17. The smallest absolute Gasteiger partial charge is 0.416 e. The van der Waals surface area contributed by atoms with Gasteiger partial charge in [-0.3, -0.25) is 9.89 Å². The van der Waals surface area contributed by atoms with Crippen molar-refractivity contribution >= 4 is 11.9 Å². The number of hydrogen-bond donors (Lipinski definition) is 1. The molecule has 1 aromatic rings. The predicted octanol–water partition coefficient (Wildman–Crippen LogP) is 2.40. The summed E-state index contributed by atoms with van der Waals surface area (Å²) in [6.07, 6.45) is -0.335. The summed E-state index contributed by atoms with van der Waals surface area (Å²) in [6.45, 7) is 7.61. The number of rotatable bonds is 3. The number of nitrogens with one attached hydrogen (secondary N) is 1. The highest BCUT2D eigenvalue weighted by atomic mass is 16.6. The van der Waals surface area contributed by atoms with Crippen LogP contribution in [-0.4, -0.2) is 42.6 Å². The normalized spacial score (nSPS) is 15.0. The van der Waals surface area contributed by atoms with Crippen molar-refractivity contribution in [2.45, 2.75) is 32.9 Å². The zero-order valence-electron chi connectivity index (χ0n) is 13.1. The number of amides is 1. The molecule has 2 rings (SSSR count). The molecule has 0 saturated heterocycles. The second-order valence-electron chi connectivity index (χ2n) is 6.06. The SMILES string of the molecule is CNCc1ccc(C2=NCCN2C(=O)OC(C)(C)C)cc1. The van der Waals surface area contributed by atoms with Gasteiger partial charge in [-0.1, -0.05) is 24.3 Å². The van der Waals surface area contributed by atoms with Crippen molar-refractivity contribution in [1.29, 1.82) is 0 Å². The largest absolute Gasteiger partial charge is 0.443 e. The van der Waals surface area contributed by atoms with Crippen LogP contribution in [0, 0.1) is 0 Å². The second kappa shape index (κ2) is 6.26. The van der Waals surface area contributed by atoms with Crippen LogP contribution in [0.2, 0.25) is 0 Å². The molecule has 0 fully saturated rings. The average molecular weight is 289 g/mol. The zero-order valence-corrected chi connectivity index (χ0v) is 13.1. The summed E-state index contributed by atoms with van der Waals surface area (Å²) >= 11 is 0. The number of carbonyl (C=O) groups excluding carboxylic acids is 1. The minimum absolute atomic E-state index is 0.335. The predicted molar refractivity (Wildman–Crippen MR) is 83.5 cm³/mol. The molecule has 0 radical (unpaired) electrons. The van der Waals surface area contributed by atoms with Crippen LogP contribution in [0.4, 0.5) is 4.79 Å². The molecule has 1 heterocycles. The Morgan fingerprint density at radius 1 is 1.33 bits per heavy atom. The van der Waals surface area contributed by atoms with Crippen molar-refractivity contribution < 1.29 is 9.53 Å². The van der Waals surface area contributed by atoms with E-state index in [0.29, 0.717) is 18.9 Å². The van der Waals surface area contributed by atoms with E-state index >= 15 is 0 Å². The standard InChI is InChI=1S/C16H23N3O2/c1-16(2,3)21-15(20)19-10-9-18-14(19)13-7-5-12(6-8-13)11-17-4/h5-8,17H,9-11H2,1-4H3. The van der Waals surface area contributed by atoms with Gasteiger partial charge in [0.2, 0.25) is 0 Å². The quantitative estimate of drug-likeness (QED) is 0.929. The molecule has 0 atom stereocenters. The van der Waals surface area contributed by atoms with Gasteiger partial charge in [0.15, 0.2) is 0 Å². The summed E-state index contributed by atoms with van der Waals surface area (Å²) < 4.78 is 5.43. The fraction of sp³-hybridized carbons (Fsp3) is 0.500. The van der Waals surface area contributed by atoms with Gasteiger partial charge in [-0.15, -0.1) is 0 Å². The third-order valence-corrected chi connectivity index (χ3v) is 3.05. The second-order valence-corrected chi connectivity index (χ2v) is 6.06. The van der Waals surface area contributed by atoms with E-state index in [2.05, 4.69) is 10.3 Å². The maximum Gasteiger partial charge on any atom is 0.416 e. The summed E-state index contributed by atoms with van der Waals surface area (Å²) in [6, 6.07) is 8.07. The van der Waals surface area contributed by atoms with Crippen LogP contribution in [0.1, 0.15) is 31.9 Å². The third kappa shape index (κ3) is 4.04. The Morgan fingerprint density at radius 2 is 2.00 bits per heavy atom. The van der Waals surface area contributed by atoms with Gasteiger partial charge >= 0.3 is 6.09 Å². The molecule has 114 valence electrons. The maximum absolute atomic E-state index is 12.2. The van der Waals surface area contributed by atoms with Gasteiger partial charge < -0.3 is 10.1 Å². The summed E-state index contributed by atoms with van der Waals surface area (Å²) in [5.41, 5.74) is 1.64. The molecule has 1 amide bonds. The van der Waals surface area contributed by atoms with Crippen LogP contribution in [0.3, 0.4) is 0 Å². The molecular weight excluding hydrogens is 266 g/mol. The molecule has 5 nitrogen and oxygen atoms in total. The Kier molecular flexibility index (Phi) is 4.63. The summed E-state index contributed by atoms with van der Waals surface area (Å²) in [5.74, 6) is 0.695. The van der Waals surface area contributed by atoms with E-state index in [4.69, 9.17) is 4.74 Å². The van der Waals surface area contributed by atoms with Crippen molar-refractivity contribution in [2.24, 2.45) is 4.99 Å². The summed E-state index contributed by atoms with van der Waals surface area (Å²) in [7, 11) is 1.92. The van der Waals surface area contributed by atoms with Crippen LogP contribution >= 0.6 is 0 Å². The van der Waals surface area contributed by atoms with E-state index in [-0.39, 0.29) is 6.09 Å². The minimum atomic E-state index is -0.499. The van der Waals surface area contributed by atoms with Gasteiger partial charge in [-0.05, 0) is 33.4 Å². The topological polar surface area (TPSA) is 53.9 Å². The maximum atomic E-state index is 12.2. The summed E-state index contributed by atoms with van der Waals surface area (Å²) in [4.78, 5) is 18.3. The Bertz CT molecular complexity index is 529. The van der Waals surface area contributed by atoms with Gasteiger partial charge in [0, 0.05) is 12.1 Å². The first kappa shape index (κ1) is 15.5. The van der Waals surface area contributed by atoms with Crippen molar-refractivity contribution in [1.82, 2.24) is 10.2 Å². The minimum Gasteiger partial charge on any atom is -0.443 e. The van der Waals surface area contributed by atoms with E-state index in [1.54, 1.807) is 4.90 Å². The third-order valence-electron chi connectivity index (χ3n) is 3.05. The Labute approximate surface area is 126 Å².